The zero-order valence-corrected chi connectivity index (χ0v) is 9.63. The largest absolute Gasteiger partial charge is 0.355 e. The SMILES string of the molecule is CC1CN(c2cccc(NN)n2)CCS1. The van der Waals surface area contributed by atoms with Gasteiger partial charge in [0.1, 0.15) is 11.6 Å². The van der Waals surface area contributed by atoms with E-state index in [-0.39, 0.29) is 0 Å². The number of hydrogen-bond acceptors (Lipinski definition) is 5. The van der Waals surface area contributed by atoms with Gasteiger partial charge in [-0.2, -0.15) is 11.8 Å². The molecule has 4 nitrogen and oxygen atoms in total. The van der Waals surface area contributed by atoms with E-state index in [0.717, 1.165) is 24.7 Å². The Balaban J connectivity index is 2.13. The van der Waals surface area contributed by atoms with E-state index < -0.39 is 0 Å². The number of nitrogens with zero attached hydrogens (tertiary/aromatic N) is 2. The molecule has 0 spiro atoms. The Morgan fingerprint density at radius 1 is 1.60 bits per heavy atom. The summed E-state index contributed by atoms with van der Waals surface area (Å²) >= 11 is 2.02. The first-order chi connectivity index (χ1) is 7.29. The second-order valence-electron chi connectivity index (χ2n) is 3.65. The Morgan fingerprint density at radius 3 is 3.20 bits per heavy atom. The monoisotopic (exact) mass is 224 g/mol. The second-order valence-corrected chi connectivity index (χ2v) is 5.20. The second kappa shape index (κ2) is 4.72. The van der Waals surface area contributed by atoms with Crippen LogP contribution in [0, 0.1) is 0 Å². The molecule has 0 aromatic carbocycles. The predicted molar refractivity (Wildman–Crippen MR) is 66.2 cm³/mol. The average Bonchev–Trinajstić information content (AvgIpc) is 2.29. The molecule has 2 rings (SSSR count). The van der Waals surface area contributed by atoms with Gasteiger partial charge in [0.25, 0.3) is 0 Å². The molecular weight excluding hydrogens is 208 g/mol. The van der Waals surface area contributed by atoms with Crippen LogP contribution in [0.3, 0.4) is 0 Å². The quantitative estimate of drug-likeness (QED) is 0.586. The number of nitrogen functional groups attached to an aromatic ring is 1. The highest BCUT2D eigenvalue weighted by molar-refractivity contribution is 8.00. The van der Waals surface area contributed by atoms with Crippen LogP contribution in [0.2, 0.25) is 0 Å². The maximum absolute atomic E-state index is 5.34. The van der Waals surface area contributed by atoms with Gasteiger partial charge in [-0.15, -0.1) is 0 Å². The van der Waals surface area contributed by atoms with Crippen molar-refractivity contribution in [1.29, 1.82) is 0 Å². The van der Waals surface area contributed by atoms with Crippen molar-refractivity contribution in [3.8, 4) is 0 Å². The lowest BCUT2D eigenvalue weighted by Gasteiger charge is -2.31. The molecule has 1 aliphatic heterocycles. The molecule has 5 heteroatoms. The summed E-state index contributed by atoms with van der Waals surface area (Å²) in [4.78, 5) is 6.74. The van der Waals surface area contributed by atoms with E-state index in [1.807, 2.05) is 30.0 Å². The van der Waals surface area contributed by atoms with Crippen molar-refractivity contribution in [2.45, 2.75) is 12.2 Å². The molecule has 2 heterocycles. The third-order valence-corrected chi connectivity index (χ3v) is 3.58. The Bertz CT molecular complexity index is 331. The molecular formula is C10H16N4S. The van der Waals surface area contributed by atoms with Crippen LogP contribution < -0.4 is 16.2 Å². The number of pyridine rings is 1. The van der Waals surface area contributed by atoms with E-state index in [1.54, 1.807) is 0 Å². The van der Waals surface area contributed by atoms with Crippen molar-refractivity contribution in [1.82, 2.24) is 4.98 Å². The van der Waals surface area contributed by atoms with Gasteiger partial charge in [0.15, 0.2) is 0 Å². The summed E-state index contributed by atoms with van der Waals surface area (Å²) in [6.07, 6.45) is 0. The summed E-state index contributed by atoms with van der Waals surface area (Å²) in [5, 5.41) is 0.676. The Kier molecular flexibility index (Phi) is 3.33. The lowest BCUT2D eigenvalue weighted by atomic mass is 10.3. The fourth-order valence-electron chi connectivity index (χ4n) is 1.71. The molecule has 0 saturated carbocycles. The van der Waals surface area contributed by atoms with Gasteiger partial charge in [-0.1, -0.05) is 13.0 Å². The summed E-state index contributed by atoms with van der Waals surface area (Å²) in [5.41, 5.74) is 2.57. The van der Waals surface area contributed by atoms with Gasteiger partial charge >= 0.3 is 0 Å². The van der Waals surface area contributed by atoms with Crippen LogP contribution in [0.5, 0.6) is 0 Å². The average molecular weight is 224 g/mol. The first-order valence-corrected chi connectivity index (χ1v) is 6.14. The van der Waals surface area contributed by atoms with Crippen molar-refractivity contribution in [3.63, 3.8) is 0 Å². The first-order valence-electron chi connectivity index (χ1n) is 5.10. The number of anilines is 2. The molecule has 1 atom stereocenters. The molecule has 0 amide bonds. The number of hydrazine groups is 1. The fourth-order valence-corrected chi connectivity index (χ4v) is 2.72. The lowest BCUT2D eigenvalue weighted by Crippen LogP contribution is -2.37. The summed E-state index contributed by atoms with van der Waals surface area (Å²) in [6.45, 7) is 4.38. The molecule has 0 aliphatic carbocycles. The van der Waals surface area contributed by atoms with Crippen LogP contribution in [-0.2, 0) is 0 Å². The van der Waals surface area contributed by atoms with Gasteiger partial charge in [-0.05, 0) is 12.1 Å². The number of thioether (sulfide) groups is 1. The zero-order chi connectivity index (χ0) is 10.7. The molecule has 1 aliphatic rings. The highest BCUT2D eigenvalue weighted by atomic mass is 32.2. The minimum absolute atomic E-state index is 0.676. The molecule has 3 N–H and O–H groups in total. The number of aromatic nitrogens is 1. The number of nitrogens with two attached hydrogens (primary N) is 1. The molecule has 1 aromatic heterocycles. The summed E-state index contributed by atoms with van der Waals surface area (Å²) in [6, 6.07) is 5.87. The van der Waals surface area contributed by atoms with Gasteiger partial charge in [-0.25, -0.2) is 10.8 Å². The molecule has 1 aromatic rings. The minimum atomic E-state index is 0.676. The Labute approximate surface area is 94.2 Å². The lowest BCUT2D eigenvalue weighted by molar-refractivity contribution is 0.770. The minimum Gasteiger partial charge on any atom is -0.355 e. The third kappa shape index (κ3) is 2.54. The number of hydrogen-bond donors (Lipinski definition) is 2. The van der Waals surface area contributed by atoms with E-state index >= 15 is 0 Å². The van der Waals surface area contributed by atoms with E-state index in [0.29, 0.717) is 5.25 Å². The third-order valence-electron chi connectivity index (χ3n) is 2.45. The van der Waals surface area contributed by atoms with E-state index in [2.05, 4.69) is 22.2 Å². The van der Waals surface area contributed by atoms with Crippen LogP contribution in [0.15, 0.2) is 18.2 Å². The van der Waals surface area contributed by atoms with E-state index in [1.165, 1.54) is 5.75 Å². The van der Waals surface area contributed by atoms with E-state index in [4.69, 9.17) is 5.84 Å². The summed E-state index contributed by atoms with van der Waals surface area (Å²) in [7, 11) is 0. The normalized spacial score (nSPS) is 21.5. The molecule has 15 heavy (non-hydrogen) atoms. The maximum atomic E-state index is 5.34. The van der Waals surface area contributed by atoms with Crippen LogP contribution >= 0.6 is 11.8 Å². The first kappa shape index (κ1) is 10.6. The van der Waals surface area contributed by atoms with Crippen molar-refractivity contribution < 1.29 is 0 Å². The summed E-state index contributed by atoms with van der Waals surface area (Å²) < 4.78 is 0. The van der Waals surface area contributed by atoms with Gasteiger partial charge < -0.3 is 10.3 Å². The Morgan fingerprint density at radius 2 is 2.47 bits per heavy atom. The van der Waals surface area contributed by atoms with E-state index in [9.17, 15) is 0 Å². The van der Waals surface area contributed by atoms with Gasteiger partial charge in [-0.3, -0.25) is 0 Å². The molecule has 1 saturated heterocycles. The molecule has 1 fully saturated rings. The standard InChI is InChI=1S/C10H16N4S/c1-8-7-14(5-6-15-8)10-4-2-3-9(12-10)13-11/h2-4,8H,5-7,11H2,1H3,(H,12,13). The zero-order valence-electron chi connectivity index (χ0n) is 8.81. The van der Waals surface area contributed by atoms with Crippen molar-refractivity contribution in [2.24, 2.45) is 5.84 Å². The van der Waals surface area contributed by atoms with Crippen LogP contribution in [0.25, 0.3) is 0 Å². The molecule has 0 radical (unpaired) electrons. The van der Waals surface area contributed by atoms with Crippen LogP contribution in [0.1, 0.15) is 6.92 Å². The van der Waals surface area contributed by atoms with Crippen molar-refractivity contribution >= 4 is 23.4 Å². The highest BCUT2D eigenvalue weighted by Gasteiger charge is 2.17. The Hall–Kier alpha value is -0.940. The van der Waals surface area contributed by atoms with Crippen molar-refractivity contribution in [2.75, 3.05) is 29.2 Å². The van der Waals surface area contributed by atoms with Gasteiger partial charge in [0.2, 0.25) is 0 Å². The number of nitrogens with one attached hydrogen (secondary N) is 1. The fraction of sp³-hybridized carbons (Fsp3) is 0.500. The molecule has 82 valence electrons. The van der Waals surface area contributed by atoms with Gasteiger partial charge in [0.05, 0.1) is 0 Å². The smallest absolute Gasteiger partial charge is 0.142 e. The molecule has 1 unspecified atom stereocenters. The predicted octanol–water partition coefficient (Wildman–Crippen LogP) is 1.31. The topological polar surface area (TPSA) is 54.2 Å². The van der Waals surface area contributed by atoms with Crippen molar-refractivity contribution in [3.05, 3.63) is 18.2 Å². The number of rotatable bonds is 2. The highest BCUT2D eigenvalue weighted by Crippen LogP contribution is 2.22. The maximum Gasteiger partial charge on any atom is 0.142 e. The van der Waals surface area contributed by atoms with Crippen LogP contribution in [-0.4, -0.2) is 29.1 Å². The van der Waals surface area contributed by atoms with Crippen LogP contribution in [0.4, 0.5) is 11.6 Å². The molecule has 0 bridgehead atoms. The van der Waals surface area contributed by atoms with Gasteiger partial charge in [0, 0.05) is 24.1 Å². The summed E-state index contributed by atoms with van der Waals surface area (Å²) in [5.74, 6) is 8.24.